The normalized spacial score (nSPS) is 15.3. The first kappa shape index (κ1) is 23.6. The second kappa shape index (κ2) is 11.3. The summed E-state index contributed by atoms with van der Waals surface area (Å²) >= 11 is 1.64. The Morgan fingerprint density at radius 3 is 2.58 bits per heavy atom. The molecule has 1 fully saturated rings. The molecule has 2 rings (SSSR count). The lowest BCUT2D eigenvalue weighted by molar-refractivity contribution is -0.120. The van der Waals surface area contributed by atoms with Gasteiger partial charge in [-0.2, -0.15) is 0 Å². The van der Waals surface area contributed by atoms with E-state index in [1.165, 1.54) is 0 Å². The Bertz CT molecular complexity index is 485. The van der Waals surface area contributed by atoms with Crippen LogP contribution in [0.25, 0.3) is 0 Å². The minimum atomic E-state index is 0. The van der Waals surface area contributed by atoms with Crippen LogP contribution >= 0.6 is 36.2 Å². The van der Waals surface area contributed by atoms with Gasteiger partial charge in [0.1, 0.15) is 0 Å². The maximum atomic E-state index is 12.0. The summed E-state index contributed by atoms with van der Waals surface area (Å²) in [6, 6.07) is 0. The van der Waals surface area contributed by atoms with Gasteiger partial charge in [0, 0.05) is 43.5 Å². The monoisotopic (exact) mass is 396 g/mol. The number of aromatic nitrogens is 1. The zero-order chi connectivity index (χ0) is 16.0. The van der Waals surface area contributed by atoms with E-state index in [-0.39, 0.29) is 36.1 Å². The molecule has 2 heterocycles. The Balaban J connectivity index is 0.00000264. The highest BCUT2D eigenvalue weighted by molar-refractivity contribution is 7.09. The third kappa shape index (κ3) is 8.12. The molecule has 0 aliphatic carbocycles. The number of rotatable bonds is 6. The van der Waals surface area contributed by atoms with Crippen molar-refractivity contribution in [2.45, 2.75) is 39.0 Å². The number of piperazine rings is 1. The number of nitrogens with one attached hydrogen (secondary N) is 2. The SMILES string of the molecule is CC(C)(C)c1nc(CC(=O)NCCCN2CCNCC2)cs1.Cl.Cl. The van der Waals surface area contributed by atoms with Crippen molar-refractivity contribution < 1.29 is 4.79 Å². The first-order chi connectivity index (χ1) is 10.4. The summed E-state index contributed by atoms with van der Waals surface area (Å²) in [5.41, 5.74) is 0.942. The van der Waals surface area contributed by atoms with E-state index in [4.69, 9.17) is 0 Å². The molecule has 0 aromatic carbocycles. The Labute approximate surface area is 161 Å². The van der Waals surface area contributed by atoms with Crippen LogP contribution in [0, 0.1) is 0 Å². The second-order valence-corrected chi connectivity index (χ2v) is 7.72. The topological polar surface area (TPSA) is 57.3 Å². The predicted molar refractivity (Wildman–Crippen MR) is 106 cm³/mol. The highest BCUT2D eigenvalue weighted by Gasteiger charge is 2.18. The van der Waals surface area contributed by atoms with Gasteiger partial charge in [-0.1, -0.05) is 20.8 Å². The lowest BCUT2D eigenvalue weighted by Gasteiger charge is -2.27. The molecule has 0 radical (unpaired) electrons. The standard InChI is InChI=1S/C16H28N4OS.2ClH/c1-16(2,3)15-19-13(12-22-15)11-14(21)18-5-4-8-20-9-6-17-7-10-20;;/h12,17H,4-11H2,1-3H3,(H,18,21);2*1H. The minimum Gasteiger partial charge on any atom is -0.356 e. The molecule has 1 saturated heterocycles. The van der Waals surface area contributed by atoms with Crippen LogP contribution in [0.15, 0.2) is 5.38 Å². The summed E-state index contributed by atoms with van der Waals surface area (Å²) in [6.45, 7) is 12.6. The molecule has 1 aliphatic heterocycles. The number of hydrogen-bond acceptors (Lipinski definition) is 5. The van der Waals surface area contributed by atoms with E-state index in [1.807, 2.05) is 5.38 Å². The van der Waals surface area contributed by atoms with Crippen LogP contribution in [-0.4, -0.2) is 55.1 Å². The summed E-state index contributed by atoms with van der Waals surface area (Å²) in [5.74, 6) is 0.0751. The number of nitrogens with zero attached hydrogens (tertiary/aromatic N) is 2. The van der Waals surface area contributed by atoms with Gasteiger partial charge in [0.2, 0.25) is 5.91 Å². The van der Waals surface area contributed by atoms with Crippen molar-refractivity contribution >= 4 is 42.1 Å². The molecular weight excluding hydrogens is 367 g/mol. The summed E-state index contributed by atoms with van der Waals surface area (Å²) < 4.78 is 0. The van der Waals surface area contributed by atoms with Crippen molar-refractivity contribution in [2.24, 2.45) is 0 Å². The van der Waals surface area contributed by atoms with E-state index in [0.29, 0.717) is 6.42 Å². The van der Waals surface area contributed by atoms with Crippen LogP contribution < -0.4 is 10.6 Å². The van der Waals surface area contributed by atoms with Crippen LogP contribution in [0.2, 0.25) is 0 Å². The average molecular weight is 397 g/mol. The van der Waals surface area contributed by atoms with E-state index in [1.54, 1.807) is 11.3 Å². The highest BCUT2D eigenvalue weighted by atomic mass is 35.5. The van der Waals surface area contributed by atoms with E-state index >= 15 is 0 Å². The van der Waals surface area contributed by atoms with Gasteiger partial charge in [0.15, 0.2) is 0 Å². The minimum absolute atomic E-state index is 0. The summed E-state index contributed by atoms with van der Waals surface area (Å²) in [7, 11) is 0. The molecule has 0 unspecified atom stereocenters. The third-order valence-electron chi connectivity index (χ3n) is 3.72. The van der Waals surface area contributed by atoms with Crippen LogP contribution in [0.3, 0.4) is 0 Å². The van der Waals surface area contributed by atoms with Gasteiger partial charge < -0.3 is 15.5 Å². The molecule has 1 aromatic heterocycles. The largest absolute Gasteiger partial charge is 0.356 e. The molecule has 140 valence electrons. The zero-order valence-corrected chi connectivity index (χ0v) is 17.2. The van der Waals surface area contributed by atoms with Gasteiger partial charge >= 0.3 is 0 Å². The number of amides is 1. The molecule has 24 heavy (non-hydrogen) atoms. The van der Waals surface area contributed by atoms with Crippen LogP contribution in [0.5, 0.6) is 0 Å². The van der Waals surface area contributed by atoms with Crippen molar-refractivity contribution in [2.75, 3.05) is 39.3 Å². The van der Waals surface area contributed by atoms with Crippen LogP contribution in [0.4, 0.5) is 0 Å². The Morgan fingerprint density at radius 2 is 2.00 bits per heavy atom. The van der Waals surface area contributed by atoms with E-state index in [2.05, 4.69) is 41.3 Å². The van der Waals surface area contributed by atoms with E-state index < -0.39 is 0 Å². The van der Waals surface area contributed by atoms with Crippen LogP contribution in [0.1, 0.15) is 37.9 Å². The fourth-order valence-corrected chi connectivity index (χ4v) is 3.33. The van der Waals surface area contributed by atoms with E-state index in [9.17, 15) is 4.79 Å². The molecule has 2 N–H and O–H groups in total. The predicted octanol–water partition coefficient (Wildman–Crippen LogP) is 2.24. The van der Waals surface area contributed by atoms with Gasteiger partial charge in [-0.3, -0.25) is 4.79 Å². The van der Waals surface area contributed by atoms with Crippen molar-refractivity contribution in [3.05, 3.63) is 16.1 Å². The molecule has 0 bridgehead atoms. The first-order valence-electron chi connectivity index (χ1n) is 8.10. The fraction of sp³-hybridized carbons (Fsp3) is 0.750. The zero-order valence-electron chi connectivity index (χ0n) is 14.8. The van der Waals surface area contributed by atoms with Gasteiger partial charge in [0.25, 0.3) is 0 Å². The van der Waals surface area contributed by atoms with Gasteiger partial charge in [-0.25, -0.2) is 4.98 Å². The summed E-state index contributed by atoms with van der Waals surface area (Å²) in [4.78, 5) is 19.0. The molecule has 0 spiro atoms. The fourth-order valence-electron chi connectivity index (χ4n) is 2.42. The Kier molecular flexibility index (Phi) is 11.1. The first-order valence-corrected chi connectivity index (χ1v) is 8.98. The molecule has 5 nitrogen and oxygen atoms in total. The quantitative estimate of drug-likeness (QED) is 0.723. The van der Waals surface area contributed by atoms with Crippen molar-refractivity contribution in [3.8, 4) is 0 Å². The van der Waals surface area contributed by atoms with Crippen molar-refractivity contribution in [1.82, 2.24) is 20.5 Å². The molecular formula is C16H30Cl2N4OS. The van der Waals surface area contributed by atoms with Crippen LogP contribution in [-0.2, 0) is 16.6 Å². The molecule has 0 atom stereocenters. The Morgan fingerprint density at radius 1 is 1.33 bits per heavy atom. The molecule has 1 aliphatic rings. The molecule has 8 heteroatoms. The van der Waals surface area contributed by atoms with Crippen molar-refractivity contribution in [3.63, 3.8) is 0 Å². The number of hydrogen-bond donors (Lipinski definition) is 2. The van der Waals surface area contributed by atoms with Crippen molar-refractivity contribution in [1.29, 1.82) is 0 Å². The molecule has 1 aromatic rings. The smallest absolute Gasteiger partial charge is 0.226 e. The second-order valence-electron chi connectivity index (χ2n) is 6.87. The molecule has 1 amide bonds. The number of halogens is 2. The van der Waals surface area contributed by atoms with Gasteiger partial charge in [-0.15, -0.1) is 36.2 Å². The maximum absolute atomic E-state index is 12.0. The maximum Gasteiger partial charge on any atom is 0.226 e. The summed E-state index contributed by atoms with van der Waals surface area (Å²) in [6.07, 6.45) is 1.40. The number of thiazole rings is 1. The lowest BCUT2D eigenvalue weighted by Crippen LogP contribution is -2.44. The summed E-state index contributed by atoms with van der Waals surface area (Å²) in [5, 5.41) is 9.44. The van der Waals surface area contributed by atoms with Gasteiger partial charge in [-0.05, 0) is 13.0 Å². The number of carbonyl (C=O) groups is 1. The Hall–Kier alpha value is -0.400. The van der Waals surface area contributed by atoms with E-state index in [0.717, 1.165) is 56.4 Å². The third-order valence-corrected chi connectivity index (χ3v) is 5.03. The lowest BCUT2D eigenvalue weighted by atomic mass is 9.98. The highest BCUT2D eigenvalue weighted by Crippen LogP contribution is 2.25. The number of carbonyl (C=O) groups excluding carboxylic acids is 1. The average Bonchev–Trinajstić information content (AvgIpc) is 2.93. The van der Waals surface area contributed by atoms with Gasteiger partial charge in [0.05, 0.1) is 17.1 Å². The molecule has 0 saturated carbocycles.